The Balaban J connectivity index is 2.74. The van der Waals surface area contributed by atoms with E-state index in [1.807, 2.05) is 0 Å². The van der Waals surface area contributed by atoms with Gasteiger partial charge in [0.1, 0.15) is 0 Å². The van der Waals surface area contributed by atoms with E-state index in [4.69, 9.17) is 5.26 Å². The average molecular weight is 230 g/mol. The van der Waals surface area contributed by atoms with E-state index in [1.165, 1.54) is 27.2 Å². The molecule has 90 valence electrons. The maximum absolute atomic E-state index is 11.1. The van der Waals surface area contributed by atoms with Gasteiger partial charge in [0.05, 0.1) is 0 Å². The highest BCUT2D eigenvalue weighted by Crippen LogP contribution is 2.15. The van der Waals surface area contributed by atoms with Crippen LogP contribution in [-0.2, 0) is 11.2 Å². The van der Waals surface area contributed by atoms with Crippen LogP contribution in [0.2, 0.25) is 0 Å². The van der Waals surface area contributed by atoms with Crippen LogP contribution in [0.3, 0.4) is 0 Å². The molecule has 0 radical (unpaired) electrons. The number of likely N-dealkylation sites (N-methyl/N-ethyl adjacent to an activating group) is 1. The number of nitrogens with zero attached hydrogens (tertiary/aromatic N) is 2. The fourth-order valence-corrected chi connectivity index (χ4v) is 1.76. The van der Waals surface area contributed by atoms with E-state index in [2.05, 4.69) is 32.9 Å². The topological polar surface area (TPSA) is 44.1 Å². The number of aryl methyl sites for hydroxylation is 3. The largest absolute Gasteiger partial charge is 0.333 e. The van der Waals surface area contributed by atoms with Gasteiger partial charge in [0.15, 0.2) is 6.07 Å². The molecule has 0 atom stereocenters. The minimum atomic E-state index is -0.480. The summed E-state index contributed by atoms with van der Waals surface area (Å²) in [5.74, 6) is -0.480. The van der Waals surface area contributed by atoms with Crippen molar-refractivity contribution >= 4 is 5.91 Å². The molecule has 1 rings (SSSR count). The summed E-state index contributed by atoms with van der Waals surface area (Å²) in [5, 5.41) is 8.50. The Morgan fingerprint density at radius 3 is 2.41 bits per heavy atom. The van der Waals surface area contributed by atoms with Gasteiger partial charge in [0, 0.05) is 13.6 Å². The van der Waals surface area contributed by atoms with Crippen LogP contribution in [-0.4, -0.2) is 24.4 Å². The average Bonchev–Trinajstić information content (AvgIpc) is 2.30. The van der Waals surface area contributed by atoms with Crippen molar-refractivity contribution in [3.63, 3.8) is 0 Å². The van der Waals surface area contributed by atoms with Gasteiger partial charge in [0.25, 0.3) is 0 Å². The lowest BCUT2D eigenvalue weighted by Gasteiger charge is -2.15. The van der Waals surface area contributed by atoms with Gasteiger partial charge in [-0.05, 0) is 49.4 Å². The first-order valence-corrected chi connectivity index (χ1v) is 5.67. The number of hydrogen-bond acceptors (Lipinski definition) is 2. The number of carbonyl (C=O) groups excluding carboxylic acids is 1. The van der Waals surface area contributed by atoms with Crippen LogP contribution >= 0.6 is 0 Å². The van der Waals surface area contributed by atoms with Gasteiger partial charge < -0.3 is 4.90 Å². The first-order valence-electron chi connectivity index (χ1n) is 5.67. The maximum Gasteiger partial charge on any atom is 0.324 e. The first-order chi connectivity index (χ1) is 7.95. The Labute approximate surface area is 103 Å². The summed E-state index contributed by atoms with van der Waals surface area (Å²) in [6.45, 7) is 6.84. The van der Waals surface area contributed by atoms with Crippen molar-refractivity contribution in [1.29, 1.82) is 5.26 Å². The minimum absolute atomic E-state index is 0.480. The first kappa shape index (κ1) is 13.2. The molecule has 0 bridgehead atoms. The van der Waals surface area contributed by atoms with E-state index in [-0.39, 0.29) is 0 Å². The van der Waals surface area contributed by atoms with E-state index in [9.17, 15) is 4.79 Å². The molecule has 1 amide bonds. The van der Waals surface area contributed by atoms with Crippen molar-refractivity contribution in [2.24, 2.45) is 0 Å². The van der Waals surface area contributed by atoms with E-state index in [0.29, 0.717) is 6.54 Å². The predicted octanol–water partition coefficient (Wildman–Crippen LogP) is 2.14. The summed E-state index contributed by atoms with van der Waals surface area (Å²) in [7, 11) is 1.65. The van der Waals surface area contributed by atoms with E-state index in [1.54, 1.807) is 13.1 Å². The monoisotopic (exact) mass is 230 g/mol. The molecule has 0 spiro atoms. The summed E-state index contributed by atoms with van der Waals surface area (Å²) < 4.78 is 0. The van der Waals surface area contributed by atoms with Crippen LogP contribution in [0.5, 0.6) is 0 Å². The van der Waals surface area contributed by atoms with Crippen LogP contribution in [0, 0.1) is 32.1 Å². The zero-order valence-electron chi connectivity index (χ0n) is 10.9. The third kappa shape index (κ3) is 3.32. The van der Waals surface area contributed by atoms with Crippen molar-refractivity contribution in [3.05, 3.63) is 34.4 Å². The minimum Gasteiger partial charge on any atom is -0.333 e. The second-order valence-corrected chi connectivity index (χ2v) is 4.45. The van der Waals surface area contributed by atoms with Crippen molar-refractivity contribution in [1.82, 2.24) is 4.90 Å². The van der Waals surface area contributed by atoms with Crippen LogP contribution in [0.25, 0.3) is 0 Å². The van der Waals surface area contributed by atoms with Gasteiger partial charge in [-0.25, -0.2) is 0 Å². The molecule has 0 saturated carbocycles. The molecule has 0 aromatic heterocycles. The Morgan fingerprint density at radius 1 is 1.24 bits per heavy atom. The normalized spacial score (nSPS) is 9.82. The summed E-state index contributed by atoms with van der Waals surface area (Å²) in [6.07, 6.45) is 0.789. The number of hydrogen-bond donors (Lipinski definition) is 0. The maximum atomic E-state index is 11.1. The molecule has 3 nitrogen and oxygen atoms in total. The fourth-order valence-electron chi connectivity index (χ4n) is 1.76. The molecule has 0 heterocycles. The van der Waals surface area contributed by atoms with E-state index in [0.717, 1.165) is 6.42 Å². The SMILES string of the molecule is Cc1cc(C)c(CCN(C)C(=O)C#N)cc1C. The number of amides is 1. The van der Waals surface area contributed by atoms with Gasteiger partial charge >= 0.3 is 5.91 Å². The quantitative estimate of drug-likeness (QED) is 0.747. The fraction of sp³-hybridized carbons (Fsp3) is 0.429. The van der Waals surface area contributed by atoms with Gasteiger partial charge in [-0.15, -0.1) is 0 Å². The highest BCUT2D eigenvalue weighted by Gasteiger charge is 2.08. The molecule has 17 heavy (non-hydrogen) atoms. The predicted molar refractivity (Wildman–Crippen MR) is 67.6 cm³/mol. The van der Waals surface area contributed by atoms with Crippen LogP contribution in [0.4, 0.5) is 0 Å². The lowest BCUT2D eigenvalue weighted by atomic mass is 9.99. The second-order valence-electron chi connectivity index (χ2n) is 4.45. The van der Waals surface area contributed by atoms with Gasteiger partial charge in [-0.1, -0.05) is 12.1 Å². The van der Waals surface area contributed by atoms with Gasteiger partial charge in [-0.3, -0.25) is 4.79 Å². The van der Waals surface area contributed by atoms with Crippen LogP contribution in [0.15, 0.2) is 12.1 Å². The molecule has 0 unspecified atom stereocenters. The molecule has 0 aliphatic heterocycles. The van der Waals surface area contributed by atoms with Crippen molar-refractivity contribution in [2.75, 3.05) is 13.6 Å². The highest BCUT2D eigenvalue weighted by molar-refractivity contribution is 5.90. The third-order valence-electron chi connectivity index (χ3n) is 3.11. The van der Waals surface area contributed by atoms with E-state index < -0.39 is 5.91 Å². The molecule has 0 saturated heterocycles. The Hall–Kier alpha value is -1.82. The Morgan fingerprint density at radius 2 is 1.82 bits per heavy atom. The van der Waals surface area contributed by atoms with Crippen molar-refractivity contribution in [2.45, 2.75) is 27.2 Å². The molecule has 0 aliphatic carbocycles. The number of rotatable bonds is 3. The summed E-state index contributed by atoms with van der Waals surface area (Å²) >= 11 is 0. The second kappa shape index (κ2) is 5.49. The van der Waals surface area contributed by atoms with Crippen LogP contribution < -0.4 is 0 Å². The van der Waals surface area contributed by atoms with Gasteiger partial charge in [-0.2, -0.15) is 5.26 Å². The highest BCUT2D eigenvalue weighted by atomic mass is 16.2. The summed E-state index contributed by atoms with van der Waals surface area (Å²) in [4.78, 5) is 12.6. The molecule has 0 N–H and O–H groups in total. The summed E-state index contributed by atoms with van der Waals surface area (Å²) in [5.41, 5.74) is 5.03. The van der Waals surface area contributed by atoms with Crippen molar-refractivity contribution < 1.29 is 4.79 Å². The molecule has 0 fully saturated rings. The molecule has 1 aromatic carbocycles. The van der Waals surface area contributed by atoms with E-state index >= 15 is 0 Å². The molecule has 3 heteroatoms. The van der Waals surface area contributed by atoms with Crippen molar-refractivity contribution in [3.8, 4) is 6.07 Å². The molecule has 1 aromatic rings. The zero-order chi connectivity index (χ0) is 13.0. The number of nitriles is 1. The smallest absolute Gasteiger partial charge is 0.324 e. The Kier molecular flexibility index (Phi) is 4.28. The number of carbonyl (C=O) groups is 1. The molecular weight excluding hydrogens is 212 g/mol. The third-order valence-corrected chi connectivity index (χ3v) is 3.11. The van der Waals surface area contributed by atoms with Crippen LogP contribution in [0.1, 0.15) is 22.3 Å². The molecule has 0 aliphatic rings. The lowest BCUT2D eigenvalue weighted by molar-refractivity contribution is -0.124. The molecular formula is C14H18N2O. The zero-order valence-corrected chi connectivity index (χ0v) is 10.9. The Bertz CT molecular complexity index is 472. The lowest BCUT2D eigenvalue weighted by Crippen LogP contribution is -2.27. The summed E-state index contributed by atoms with van der Waals surface area (Å²) in [6, 6.07) is 5.95. The number of benzene rings is 1. The van der Waals surface area contributed by atoms with Gasteiger partial charge in [0.2, 0.25) is 0 Å². The standard InChI is InChI=1S/C14H18N2O/c1-10-7-12(3)13(8-11(10)2)5-6-16(4)14(17)9-15/h7-8H,5-6H2,1-4H3.